The smallest absolute Gasteiger partial charge is 0.122 e. The topological polar surface area (TPSA) is 21.3 Å². The molecule has 1 aliphatic rings. The van der Waals surface area contributed by atoms with Crippen LogP contribution in [0.3, 0.4) is 0 Å². The summed E-state index contributed by atoms with van der Waals surface area (Å²) in [6, 6.07) is 15.5. The average molecular weight is 281 g/mol. The van der Waals surface area contributed by atoms with Crippen LogP contribution in [0.1, 0.15) is 40.6 Å². The highest BCUT2D eigenvalue weighted by molar-refractivity contribution is 5.42. The molecule has 0 saturated heterocycles. The second-order valence-corrected chi connectivity index (χ2v) is 5.91. The minimum absolute atomic E-state index is 0.329. The molecular weight excluding hydrogens is 258 g/mol. The Balaban J connectivity index is 2.01. The number of ether oxygens (including phenoxy) is 1. The van der Waals surface area contributed by atoms with Gasteiger partial charge in [-0.2, -0.15) is 0 Å². The third-order valence-corrected chi connectivity index (χ3v) is 4.48. The summed E-state index contributed by atoms with van der Waals surface area (Å²) < 4.78 is 5.81. The van der Waals surface area contributed by atoms with Gasteiger partial charge >= 0.3 is 0 Å². The van der Waals surface area contributed by atoms with Gasteiger partial charge in [0.15, 0.2) is 0 Å². The van der Waals surface area contributed by atoms with Gasteiger partial charge in [-0.1, -0.05) is 42.0 Å². The molecule has 0 fully saturated rings. The zero-order valence-corrected chi connectivity index (χ0v) is 13.0. The molecule has 0 aliphatic carbocycles. The van der Waals surface area contributed by atoms with Crippen LogP contribution in [-0.2, 0) is 0 Å². The van der Waals surface area contributed by atoms with Crippen LogP contribution in [0.4, 0.5) is 0 Å². The van der Waals surface area contributed by atoms with Crippen molar-refractivity contribution >= 4 is 0 Å². The summed E-state index contributed by atoms with van der Waals surface area (Å²) in [6.07, 6.45) is 1.05. The number of hydrogen-bond acceptors (Lipinski definition) is 2. The first-order valence-electron chi connectivity index (χ1n) is 7.67. The lowest BCUT2D eigenvalue weighted by atomic mass is 9.81. The summed E-state index contributed by atoms with van der Waals surface area (Å²) in [6.45, 7) is 5.15. The van der Waals surface area contributed by atoms with Crippen molar-refractivity contribution in [3.8, 4) is 5.75 Å². The fourth-order valence-corrected chi connectivity index (χ4v) is 3.46. The van der Waals surface area contributed by atoms with Gasteiger partial charge in [-0.15, -0.1) is 0 Å². The first kappa shape index (κ1) is 14.2. The van der Waals surface area contributed by atoms with Crippen LogP contribution in [0.25, 0.3) is 0 Å². The summed E-state index contributed by atoms with van der Waals surface area (Å²) in [5, 5.41) is 3.53. The van der Waals surface area contributed by atoms with Crippen molar-refractivity contribution in [1.82, 2.24) is 5.32 Å². The lowest BCUT2D eigenvalue weighted by Crippen LogP contribution is -2.28. The van der Waals surface area contributed by atoms with Crippen LogP contribution in [0.5, 0.6) is 5.75 Å². The summed E-state index contributed by atoms with van der Waals surface area (Å²) in [7, 11) is 2.06. The number of nitrogens with one attached hydrogen (secondary N) is 1. The lowest BCUT2D eigenvalue weighted by Gasteiger charge is -2.33. The molecule has 110 valence electrons. The van der Waals surface area contributed by atoms with Crippen molar-refractivity contribution in [2.24, 2.45) is 0 Å². The molecule has 1 N–H and O–H groups in total. The molecule has 0 spiro atoms. The fraction of sp³-hybridized carbons (Fsp3) is 0.368. The van der Waals surface area contributed by atoms with E-state index in [4.69, 9.17) is 4.74 Å². The van der Waals surface area contributed by atoms with Crippen LogP contribution in [0.15, 0.2) is 42.5 Å². The minimum Gasteiger partial charge on any atom is -0.493 e. The molecule has 2 aromatic carbocycles. The summed E-state index contributed by atoms with van der Waals surface area (Å²) in [5.74, 6) is 1.50. The van der Waals surface area contributed by atoms with Crippen molar-refractivity contribution in [2.75, 3.05) is 13.7 Å². The molecule has 1 heterocycles. The molecule has 0 amide bonds. The summed E-state index contributed by atoms with van der Waals surface area (Å²) >= 11 is 0. The fourth-order valence-electron chi connectivity index (χ4n) is 3.46. The Hall–Kier alpha value is -1.80. The highest BCUT2D eigenvalue weighted by atomic mass is 16.5. The minimum atomic E-state index is 0.329. The van der Waals surface area contributed by atoms with Crippen molar-refractivity contribution < 1.29 is 4.74 Å². The van der Waals surface area contributed by atoms with E-state index in [0.29, 0.717) is 12.0 Å². The van der Waals surface area contributed by atoms with Crippen molar-refractivity contribution in [3.63, 3.8) is 0 Å². The molecule has 0 saturated carbocycles. The Labute approximate surface area is 127 Å². The first-order chi connectivity index (χ1) is 10.2. The Morgan fingerprint density at radius 2 is 1.95 bits per heavy atom. The maximum Gasteiger partial charge on any atom is 0.122 e. The molecular formula is C19H23NO. The normalized spacial score (nSPS) is 18.7. The van der Waals surface area contributed by atoms with E-state index in [-0.39, 0.29) is 0 Å². The molecule has 2 nitrogen and oxygen atoms in total. The molecule has 0 bridgehead atoms. The number of benzene rings is 2. The third-order valence-electron chi connectivity index (χ3n) is 4.48. The van der Waals surface area contributed by atoms with E-state index in [1.54, 1.807) is 0 Å². The van der Waals surface area contributed by atoms with E-state index in [1.165, 1.54) is 22.3 Å². The number of aryl methyl sites for hydroxylation is 2. The highest BCUT2D eigenvalue weighted by Crippen LogP contribution is 2.41. The summed E-state index contributed by atoms with van der Waals surface area (Å²) in [5.41, 5.74) is 5.39. The van der Waals surface area contributed by atoms with Gasteiger partial charge in [-0.3, -0.25) is 0 Å². The standard InChI is InChI=1S/C19H23NO/c1-13-8-9-15(14(2)12-13)19(20-3)17-10-11-21-18-7-5-4-6-16(17)18/h4-9,12,17,19-20H,10-11H2,1-3H3. The van der Waals surface area contributed by atoms with E-state index < -0.39 is 0 Å². The van der Waals surface area contributed by atoms with Crippen LogP contribution < -0.4 is 10.1 Å². The molecule has 2 unspecified atom stereocenters. The molecule has 2 aromatic rings. The number of likely N-dealkylation sites (N-methyl/N-ethyl adjacent to an activating group) is 1. The first-order valence-corrected chi connectivity index (χ1v) is 7.67. The number of hydrogen-bond donors (Lipinski definition) is 1. The zero-order chi connectivity index (χ0) is 14.8. The molecule has 0 radical (unpaired) electrons. The highest BCUT2D eigenvalue weighted by Gasteiger charge is 2.29. The van der Waals surface area contributed by atoms with Crippen molar-refractivity contribution in [3.05, 3.63) is 64.7 Å². The molecule has 2 heteroatoms. The van der Waals surface area contributed by atoms with Gasteiger partial charge in [0.2, 0.25) is 0 Å². The second kappa shape index (κ2) is 5.90. The molecule has 3 rings (SSSR count). The Kier molecular flexibility index (Phi) is 3.98. The zero-order valence-electron chi connectivity index (χ0n) is 13.0. The van der Waals surface area contributed by atoms with Crippen LogP contribution >= 0.6 is 0 Å². The molecule has 0 aromatic heterocycles. The van der Waals surface area contributed by atoms with Gasteiger partial charge in [0, 0.05) is 12.0 Å². The average Bonchev–Trinajstić information content (AvgIpc) is 2.50. The van der Waals surface area contributed by atoms with E-state index >= 15 is 0 Å². The van der Waals surface area contributed by atoms with Gasteiger partial charge in [0.1, 0.15) is 5.75 Å². The van der Waals surface area contributed by atoms with Gasteiger partial charge in [-0.25, -0.2) is 0 Å². The van der Waals surface area contributed by atoms with Gasteiger partial charge in [-0.05, 0) is 50.1 Å². The van der Waals surface area contributed by atoms with E-state index in [2.05, 4.69) is 62.6 Å². The maximum absolute atomic E-state index is 5.81. The van der Waals surface area contributed by atoms with Crippen LogP contribution in [0, 0.1) is 13.8 Å². The second-order valence-electron chi connectivity index (χ2n) is 5.91. The van der Waals surface area contributed by atoms with Gasteiger partial charge < -0.3 is 10.1 Å². The van der Waals surface area contributed by atoms with Gasteiger partial charge in [0.05, 0.1) is 6.61 Å². The van der Waals surface area contributed by atoms with Crippen LogP contribution in [0.2, 0.25) is 0 Å². The van der Waals surface area contributed by atoms with Gasteiger partial charge in [0.25, 0.3) is 0 Å². The predicted molar refractivity (Wildman–Crippen MR) is 87.0 cm³/mol. The SMILES string of the molecule is CNC(c1ccc(C)cc1C)C1CCOc2ccccc21. The number of para-hydroxylation sites is 1. The number of fused-ring (bicyclic) bond motifs is 1. The van der Waals surface area contributed by atoms with E-state index in [1.807, 2.05) is 6.07 Å². The van der Waals surface area contributed by atoms with E-state index in [9.17, 15) is 0 Å². The Bertz CT molecular complexity index is 635. The lowest BCUT2D eigenvalue weighted by molar-refractivity contribution is 0.248. The largest absolute Gasteiger partial charge is 0.493 e. The maximum atomic E-state index is 5.81. The predicted octanol–water partition coefficient (Wildman–Crippen LogP) is 4.13. The Morgan fingerprint density at radius 3 is 2.71 bits per heavy atom. The Morgan fingerprint density at radius 1 is 1.14 bits per heavy atom. The van der Waals surface area contributed by atoms with E-state index in [0.717, 1.165) is 18.8 Å². The number of rotatable bonds is 3. The molecule has 21 heavy (non-hydrogen) atoms. The molecule has 2 atom stereocenters. The van der Waals surface area contributed by atoms with Crippen LogP contribution in [-0.4, -0.2) is 13.7 Å². The monoisotopic (exact) mass is 281 g/mol. The third kappa shape index (κ3) is 2.68. The van der Waals surface area contributed by atoms with Crippen molar-refractivity contribution in [1.29, 1.82) is 0 Å². The quantitative estimate of drug-likeness (QED) is 0.913. The van der Waals surface area contributed by atoms with Crippen molar-refractivity contribution in [2.45, 2.75) is 32.2 Å². The summed E-state index contributed by atoms with van der Waals surface area (Å²) in [4.78, 5) is 0. The molecule has 1 aliphatic heterocycles.